The molecule has 0 saturated carbocycles. The summed E-state index contributed by atoms with van der Waals surface area (Å²) in [5, 5.41) is 9.97. The second-order valence-electron chi connectivity index (χ2n) is 4.38. The molecule has 1 aromatic rings. The van der Waals surface area contributed by atoms with Gasteiger partial charge in [-0.25, -0.2) is 0 Å². The van der Waals surface area contributed by atoms with E-state index < -0.39 is 6.10 Å². The van der Waals surface area contributed by atoms with Crippen LogP contribution in [0.1, 0.15) is 23.1 Å². The Morgan fingerprint density at radius 3 is 2.75 bits per heavy atom. The second-order valence-corrected chi connectivity index (χ2v) is 4.38. The van der Waals surface area contributed by atoms with Gasteiger partial charge in [-0.05, 0) is 36.6 Å². The van der Waals surface area contributed by atoms with Crippen molar-refractivity contribution in [1.82, 2.24) is 0 Å². The lowest BCUT2D eigenvalue weighted by molar-refractivity contribution is 0.118. The molecular formula is C14H18O2. The van der Waals surface area contributed by atoms with E-state index in [4.69, 9.17) is 4.74 Å². The van der Waals surface area contributed by atoms with Gasteiger partial charge in [-0.3, -0.25) is 0 Å². The quantitative estimate of drug-likeness (QED) is 0.844. The van der Waals surface area contributed by atoms with Gasteiger partial charge in [0.05, 0.1) is 6.61 Å². The maximum absolute atomic E-state index is 9.97. The van der Waals surface area contributed by atoms with Gasteiger partial charge >= 0.3 is 0 Å². The van der Waals surface area contributed by atoms with Gasteiger partial charge in [-0.2, -0.15) is 0 Å². The first-order chi connectivity index (χ1) is 7.66. The van der Waals surface area contributed by atoms with Crippen LogP contribution in [0.25, 0.3) is 0 Å². The molecule has 1 aliphatic heterocycles. The molecule has 2 heteroatoms. The fraction of sp³-hybridized carbons (Fsp3) is 0.429. The summed E-state index contributed by atoms with van der Waals surface area (Å²) in [6.45, 7) is 4.90. The summed E-state index contributed by atoms with van der Waals surface area (Å²) >= 11 is 0. The smallest absolute Gasteiger partial charge is 0.121 e. The number of aliphatic hydroxyl groups is 1. The van der Waals surface area contributed by atoms with E-state index in [9.17, 15) is 5.11 Å². The molecule has 0 radical (unpaired) electrons. The summed E-state index contributed by atoms with van der Waals surface area (Å²) in [6.07, 6.45) is 3.03. The minimum Gasteiger partial charge on any atom is -0.495 e. The van der Waals surface area contributed by atoms with Crippen LogP contribution in [0.3, 0.4) is 0 Å². The maximum Gasteiger partial charge on any atom is 0.121 e. The van der Waals surface area contributed by atoms with Crippen molar-refractivity contribution >= 4 is 0 Å². The molecule has 0 aliphatic carbocycles. The van der Waals surface area contributed by atoms with Crippen LogP contribution in [0.5, 0.6) is 0 Å². The van der Waals surface area contributed by atoms with Gasteiger partial charge in [0.2, 0.25) is 0 Å². The minimum atomic E-state index is -0.496. The number of benzene rings is 1. The molecule has 0 fully saturated rings. The third-order valence-corrected chi connectivity index (χ3v) is 3.06. The predicted molar refractivity (Wildman–Crippen MR) is 64.3 cm³/mol. The molecule has 1 aliphatic rings. The van der Waals surface area contributed by atoms with Crippen molar-refractivity contribution in [2.75, 3.05) is 6.61 Å². The summed E-state index contributed by atoms with van der Waals surface area (Å²) in [5.74, 6) is 0.734. The summed E-state index contributed by atoms with van der Waals surface area (Å²) in [6, 6.07) is 6.30. The molecular weight excluding hydrogens is 200 g/mol. The second kappa shape index (κ2) is 4.71. The van der Waals surface area contributed by atoms with Crippen molar-refractivity contribution in [3.05, 3.63) is 46.7 Å². The highest BCUT2D eigenvalue weighted by Gasteiger charge is 2.16. The molecule has 1 aromatic carbocycles. The van der Waals surface area contributed by atoms with Crippen LogP contribution in [-0.4, -0.2) is 17.8 Å². The molecule has 1 N–H and O–H groups in total. The average Bonchev–Trinajstić information content (AvgIpc) is 2.77. The summed E-state index contributed by atoms with van der Waals surface area (Å²) in [4.78, 5) is 0. The SMILES string of the molecule is Cc1ccc(CC(O)C2=CCCO2)cc1C. The van der Waals surface area contributed by atoms with Crippen molar-refractivity contribution in [2.24, 2.45) is 0 Å². The molecule has 0 aromatic heterocycles. The number of aryl methyl sites for hydroxylation is 2. The Balaban J connectivity index is 2.05. The van der Waals surface area contributed by atoms with Gasteiger partial charge in [0, 0.05) is 12.8 Å². The molecule has 0 amide bonds. The van der Waals surface area contributed by atoms with Crippen LogP contribution >= 0.6 is 0 Å². The van der Waals surface area contributed by atoms with Crippen LogP contribution in [0.15, 0.2) is 30.0 Å². The summed E-state index contributed by atoms with van der Waals surface area (Å²) < 4.78 is 5.35. The molecule has 0 saturated heterocycles. The van der Waals surface area contributed by atoms with Gasteiger partial charge in [-0.15, -0.1) is 0 Å². The number of hydrogen-bond donors (Lipinski definition) is 1. The highest BCUT2D eigenvalue weighted by molar-refractivity contribution is 5.30. The van der Waals surface area contributed by atoms with Crippen molar-refractivity contribution in [2.45, 2.75) is 32.8 Å². The van der Waals surface area contributed by atoms with Crippen molar-refractivity contribution in [1.29, 1.82) is 0 Å². The Labute approximate surface area is 96.6 Å². The zero-order valence-electron chi connectivity index (χ0n) is 9.86. The molecule has 0 bridgehead atoms. The Morgan fingerprint density at radius 2 is 2.12 bits per heavy atom. The van der Waals surface area contributed by atoms with Crippen LogP contribution < -0.4 is 0 Å². The van der Waals surface area contributed by atoms with E-state index in [0.29, 0.717) is 13.0 Å². The predicted octanol–water partition coefficient (Wildman–Crippen LogP) is 2.51. The average molecular weight is 218 g/mol. The lowest BCUT2D eigenvalue weighted by atomic mass is 10.0. The Kier molecular flexibility index (Phi) is 3.30. The molecule has 0 spiro atoms. The lowest BCUT2D eigenvalue weighted by Crippen LogP contribution is -2.14. The molecule has 16 heavy (non-hydrogen) atoms. The van der Waals surface area contributed by atoms with Crippen molar-refractivity contribution in [3.8, 4) is 0 Å². The third-order valence-electron chi connectivity index (χ3n) is 3.06. The van der Waals surface area contributed by atoms with E-state index in [-0.39, 0.29) is 0 Å². The molecule has 2 rings (SSSR count). The van der Waals surface area contributed by atoms with Gasteiger partial charge in [0.15, 0.2) is 0 Å². The Hall–Kier alpha value is -1.28. The van der Waals surface area contributed by atoms with E-state index in [0.717, 1.165) is 17.7 Å². The first kappa shape index (κ1) is 11.2. The molecule has 1 unspecified atom stereocenters. The third kappa shape index (κ3) is 2.45. The molecule has 1 atom stereocenters. The number of rotatable bonds is 3. The van der Waals surface area contributed by atoms with Crippen LogP contribution in [-0.2, 0) is 11.2 Å². The summed E-state index contributed by atoms with van der Waals surface area (Å²) in [5.41, 5.74) is 3.72. The van der Waals surface area contributed by atoms with Gasteiger partial charge in [0.1, 0.15) is 11.9 Å². The molecule has 86 valence electrons. The standard InChI is InChI=1S/C14H18O2/c1-10-5-6-12(8-11(10)2)9-13(15)14-4-3-7-16-14/h4-6,8,13,15H,3,7,9H2,1-2H3. The normalized spacial score (nSPS) is 16.8. The van der Waals surface area contributed by atoms with E-state index in [1.165, 1.54) is 11.1 Å². The molecule has 2 nitrogen and oxygen atoms in total. The van der Waals surface area contributed by atoms with Crippen LogP contribution in [0, 0.1) is 13.8 Å². The lowest BCUT2D eigenvalue weighted by Gasteiger charge is -2.13. The van der Waals surface area contributed by atoms with Crippen LogP contribution in [0.4, 0.5) is 0 Å². The number of hydrogen-bond acceptors (Lipinski definition) is 2. The summed E-state index contributed by atoms with van der Waals surface area (Å²) in [7, 11) is 0. The minimum absolute atomic E-state index is 0.496. The first-order valence-corrected chi connectivity index (χ1v) is 5.74. The fourth-order valence-corrected chi connectivity index (χ4v) is 1.92. The number of aliphatic hydroxyl groups excluding tert-OH is 1. The zero-order valence-corrected chi connectivity index (χ0v) is 9.86. The van der Waals surface area contributed by atoms with E-state index in [2.05, 4.69) is 32.0 Å². The number of ether oxygens (including phenoxy) is 1. The van der Waals surface area contributed by atoms with Gasteiger partial charge in [0.25, 0.3) is 0 Å². The highest BCUT2D eigenvalue weighted by Crippen LogP contribution is 2.18. The van der Waals surface area contributed by atoms with Gasteiger partial charge < -0.3 is 9.84 Å². The van der Waals surface area contributed by atoms with Crippen molar-refractivity contribution < 1.29 is 9.84 Å². The Morgan fingerprint density at radius 1 is 1.31 bits per heavy atom. The van der Waals surface area contributed by atoms with E-state index in [1.54, 1.807) is 0 Å². The zero-order chi connectivity index (χ0) is 11.5. The van der Waals surface area contributed by atoms with Crippen LogP contribution in [0.2, 0.25) is 0 Å². The monoisotopic (exact) mass is 218 g/mol. The van der Waals surface area contributed by atoms with Crippen molar-refractivity contribution in [3.63, 3.8) is 0 Å². The highest BCUT2D eigenvalue weighted by atomic mass is 16.5. The largest absolute Gasteiger partial charge is 0.495 e. The fourth-order valence-electron chi connectivity index (χ4n) is 1.92. The van der Waals surface area contributed by atoms with E-state index in [1.807, 2.05) is 6.08 Å². The molecule has 1 heterocycles. The Bertz CT molecular complexity index is 407. The van der Waals surface area contributed by atoms with E-state index >= 15 is 0 Å². The first-order valence-electron chi connectivity index (χ1n) is 5.74. The topological polar surface area (TPSA) is 29.5 Å². The maximum atomic E-state index is 9.97. The van der Waals surface area contributed by atoms with Gasteiger partial charge in [-0.1, -0.05) is 18.2 Å².